The second kappa shape index (κ2) is 8.55. The molecule has 1 fully saturated rings. The smallest absolute Gasteiger partial charge is 0.242 e. The average molecular weight is 324 g/mol. The summed E-state index contributed by atoms with van der Waals surface area (Å²) >= 11 is 0. The molecule has 1 saturated heterocycles. The maximum atomic E-state index is 12.7. The lowest BCUT2D eigenvalue weighted by atomic mass is 10.1. The van der Waals surface area contributed by atoms with E-state index >= 15 is 0 Å². The Bertz CT molecular complexity index is 626. The zero-order valence-corrected chi connectivity index (χ0v) is 13.9. The fraction of sp³-hybridized carbons (Fsp3) is 0.421. The summed E-state index contributed by atoms with van der Waals surface area (Å²) in [5.41, 5.74) is 2.04. The van der Waals surface area contributed by atoms with Crippen molar-refractivity contribution < 1.29 is 4.79 Å². The van der Waals surface area contributed by atoms with Crippen LogP contribution in [0.15, 0.2) is 48.9 Å². The minimum Gasteiger partial charge on any atom is -0.354 e. The van der Waals surface area contributed by atoms with E-state index in [-0.39, 0.29) is 11.9 Å². The van der Waals surface area contributed by atoms with Gasteiger partial charge in [-0.2, -0.15) is 0 Å². The molecule has 2 aromatic heterocycles. The summed E-state index contributed by atoms with van der Waals surface area (Å²) in [6.07, 6.45) is 9.43. The highest BCUT2D eigenvalue weighted by atomic mass is 16.2. The van der Waals surface area contributed by atoms with Gasteiger partial charge in [-0.05, 0) is 62.5 Å². The normalized spacial score (nSPS) is 16.0. The van der Waals surface area contributed by atoms with Crippen molar-refractivity contribution in [1.82, 2.24) is 20.2 Å². The van der Waals surface area contributed by atoms with Gasteiger partial charge in [-0.25, -0.2) is 0 Å². The van der Waals surface area contributed by atoms with Crippen LogP contribution in [0.2, 0.25) is 0 Å². The van der Waals surface area contributed by atoms with Crippen LogP contribution in [0.1, 0.15) is 36.6 Å². The van der Waals surface area contributed by atoms with Gasteiger partial charge in [0.2, 0.25) is 5.91 Å². The monoisotopic (exact) mass is 324 g/mol. The average Bonchev–Trinajstić information content (AvgIpc) is 3.15. The highest BCUT2D eigenvalue weighted by Gasteiger charge is 2.29. The molecular weight excluding hydrogens is 300 g/mol. The third kappa shape index (κ3) is 4.38. The van der Waals surface area contributed by atoms with Crippen LogP contribution in [0.5, 0.6) is 0 Å². The third-order valence-corrected chi connectivity index (χ3v) is 4.39. The molecule has 5 nitrogen and oxygen atoms in total. The first-order valence-electron chi connectivity index (χ1n) is 8.66. The molecule has 0 spiro atoms. The summed E-state index contributed by atoms with van der Waals surface area (Å²) in [6, 6.07) is 9.59. The third-order valence-electron chi connectivity index (χ3n) is 4.39. The van der Waals surface area contributed by atoms with Crippen LogP contribution in [0.4, 0.5) is 0 Å². The van der Waals surface area contributed by atoms with E-state index < -0.39 is 0 Å². The van der Waals surface area contributed by atoms with Crippen LogP contribution in [-0.2, 0) is 11.2 Å². The van der Waals surface area contributed by atoms with Gasteiger partial charge in [0, 0.05) is 30.8 Å². The van der Waals surface area contributed by atoms with Gasteiger partial charge in [-0.15, -0.1) is 0 Å². The lowest BCUT2D eigenvalue weighted by molar-refractivity contribution is -0.126. The Morgan fingerprint density at radius 3 is 2.75 bits per heavy atom. The molecule has 5 heteroatoms. The Kier molecular flexibility index (Phi) is 5.90. The number of carbonyl (C=O) groups excluding carboxylic acids is 1. The predicted octanol–water partition coefficient (Wildman–Crippen LogP) is 2.36. The first-order chi connectivity index (χ1) is 11.8. The Balaban J connectivity index is 1.55. The number of rotatable bonds is 7. The van der Waals surface area contributed by atoms with Crippen molar-refractivity contribution in [1.29, 1.82) is 0 Å². The van der Waals surface area contributed by atoms with Gasteiger partial charge in [0.1, 0.15) is 6.04 Å². The van der Waals surface area contributed by atoms with Gasteiger partial charge >= 0.3 is 0 Å². The molecule has 2 aromatic rings. The number of aryl methyl sites for hydroxylation is 1. The van der Waals surface area contributed by atoms with Gasteiger partial charge in [0.25, 0.3) is 0 Å². The molecular formula is C19H24N4O. The molecule has 0 unspecified atom stereocenters. The Hall–Kier alpha value is -2.27. The number of nitrogens with one attached hydrogen (secondary N) is 1. The van der Waals surface area contributed by atoms with Crippen LogP contribution in [-0.4, -0.2) is 40.4 Å². The molecule has 0 bridgehead atoms. The maximum Gasteiger partial charge on any atom is 0.242 e. The molecule has 1 aliphatic heterocycles. The van der Waals surface area contributed by atoms with E-state index in [1.165, 1.54) is 0 Å². The number of carbonyl (C=O) groups is 1. The van der Waals surface area contributed by atoms with Crippen molar-refractivity contribution in [2.24, 2.45) is 0 Å². The molecule has 0 aromatic carbocycles. The van der Waals surface area contributed by atoms with Crippen LogP contribution in [0.3, 0.4) is 0 Å². The van der Waals surface area contributed by atoms with Crippen molar-refractivity contribution in [3.8, 4) is 0 Å². The van der Waals surface area contributed by atoms with Crippen molar-refractivity contribution in [3.63, 3.8) is 0 Å². The quantitative estimate of drug-likeness (QED) is 0.794. The predicted molar refractivity (Wildman–Crippen MR) is 93.4 cm³/mol. The number of nitrogens with zero attached hydrogens (tertiary/aromatic N) is 3. The second-order valence-electron chi connectivity index (χ2n) is 6.15. The van der Waals surface area contributed by atoms with Crippen molar-refractivity contribution in [2.45, 2.75) is 31.7 Å². The minimum atomic E-state index is -0.226. The van der Waals surface area contributed by atoms with Gasteiger partial charge < -0.3 is 5.32 Å². The summed E-state index contributed by atoms with van der Waals surface area (Å²) in [4.78, 5) is 23.5. The second-order valence-corrected chi connectivity index (χ2v) is 6.15. The molecule has 24 heavy (non-hydrogen) atoms. The molecule has 1 N–H and O–H groups in total. The van der Waals surface area contributed by atoms with E-state index in [0.29, 0.717) is 6.54 Å². The van der Waals surface area contributed by atoms with E-state index in [9.17, 15) is 4.79 Å². The Morgan fingerprint density at radius 1 is 1.17 bits per heavy atom. The number of hydrogen-bond acceptors (Lipinski definition) is 4. The van der Waals surface area contributed by atoms with Crippen molar-refractivity contribution in [2.75, 3.05) is 19.6 Å². The molecule has 1 amide bonds. The standard InChI is InChI=1S/C19H24N4O/c24-19(22-12-6-9-17-8-1-2-11-21-17)18(23-13-3-4-14-23)16-7-5-10-20-15-16/h1-2,5,7-8,10-11,15,18H,3-4,6,9,12-14H2,(H,22,24)/t18-/m0/s1. The largest absolute Gasteiger partial charge is 0.354 e. The van der Waals surface area contributed by atoms with E-state index in [1.807, 2.05) is 30.3 Å². The van der Waals surface area contributed by atoms with Crippen LogP contribution in [0.25, 0.3) is 0 Å². The highest BCUT2D eigenvalue weighted by molar-refractivity contribution is 5.83. The number of pyridine rings is 2. The zero-order valence-electron chi connectivity index (χ0n) is 13.9. The summed E-state index contributed by atoms with van der Waals surface area (Å²) in [7, 11) is 0. The molecule has 1 aliphatic rings. The summed E-state index contributed by atoms with van der Waals surface area (Å²) < 4.78 is 0. The Morgan fingerprint density at radius 2 is 2.04 bits per heavy atom. The van der Waals surface area contributed by atoms with Crippen molar-refractivity contribution >= 4 is 5.91 Å². The maximum absolute atomic E-state index is 12.7. The number of hydrogen-bond donors (Lipinski definition) is 1. The molecule has 0 saturated carbocycles. The fourth-order valence-corrected chi connectivity index (χ4v) is 3.19. The van der Waals surface area contributed by atoms with Gasteiger partial charge in [0.15, 0.2) is 0 Å². The van der Waals surface area contributed by atoms with Gasteiger partial charge in [-0.3, -0.25) is 19.7 Å². The SMILES string of the molecule is O=C(NCCCc1ccccn1)[C@H](c1cccnc1)N1CCCC1. The van der Waals surface area contributed by atoms with E-state index in [0.717, 1.165) is 50.0 Å². The number of aromatic nitrogens is 2. The van der Waals surface area contributed by atoms with E-state index in [4.69, 9.17) is 0 Å². The highest BCUT2D eigenvalue weighted by Crippen LogP contribution is 2.24. The molecule has 126 valence electrons. The lowest BCUT2D eigenvalue weighted by Gasteiger charge is -2.26. The van der Waals surface area contributed by atoms with Crippen molar-refractivity contribution in [3.05, 3.63) is 60.2 Å². The molecule has 3 heterocycles. The first kappa shape index (κ1) is 16.6. The molecule has 0 radical (unpaired) electrons. The van der Waals surface area contributed by atoms with Gasteiger partial charge in [-0.1, -0.05) is 12.1 Å². The molecule has 1 atom stereocenters. The van der Waals surface area contributed by atoms with E-state index in [2.05, 4.69) is 20.2 Å². The van der Waals surface area contributed by atoms with Crippen LogP contribution >= 0.6 is 0 Å². The first-order valence-corrected chi connectivity index (χ1v) is 8.66. The van der Waals surface area contributed by atoms with Gasteiger partial charge in [0.05, 0.1) is 0 Å². The van der Waals surface area contributed by atoms with Crippen LogP contribution in [0, 0.1) is 0 Å². The fourth-order valence-electron chi connectivity index (χ4n) is 3.19. The van der Waals surface area contributed by atoms with E-state index in [1.54, 1.807) is 18.6 Å². The number of amides is 1. The minimum absolute atomic E-state index is 0.0749. The summed E-state index contributed by atoms with van der Waals surface area (Å²) in [6.45, 7) is 2.61. The summed E-state index contributed by atoms with van der Waals surface area (Å²) in [5.74, 6) is 0.0749. The Labute approximate surface area is 143 Å². The molecule has 0 aliphatic carbocycles. The topological polar surface area (TPSA) is 58.1 Å². The zero-order chi connectivity index (χ0) is 16.6. The van der Waals surface area contributed by atoms with Crippen LogP contribution < -0.4 is 5.32 Å². The molecule has 3 rings (SSSR count). The lowest BCUT2D eigenvalue weighted by Crippen LogP contribution is -2.39. The number of likely N-dealkylation sites (tertiary alicyclic amines) is 1. The summed E-state index contributed by atoms with van der Waals surface area (Å²) in [5, 5.41) is 3.09.